The number of rotatable bonds is 7. The van der Waals surface area contributed by atoms with E-state index in [9.17, 15) is 0 Å². The standard InChI is InChI=1S/C18H20Cl4N2/c19-13-4-3-12(16(21)8-13)2-1-7-18(10-23,11-24)15-6-5-14(20)9-17(15)22/h3-6,8-9H,1-2,7,10-11,23-24H2. The Bertz CT molecular complexity index is 699. The summed E-state index contributed by atoms with van der Waals surface area (Å²) in [5.74, 6) is 0. The third-order valence-corrected chi connectivity index (χ3v) is 5.54. The molecule has 0 aliphatic rings. The molecule has 0 unspecified atom stereocenters. The van der Waals surface area contributed by atoms with E-state index in [1.54, 1.807) is 12.1 Å². The summed E-state index contributed by atoms with van der Waals surface area (Å²) >= 11 is 24.5. The number of hydrogen-bond acceptors (Lipinski definition) is 2. The first-order valence-corrected chi connectivity index (χ1v) is 9.22. The van der Waals surface area contributed by atoms with Crippen molar-refractivity contribution in [1.29, 1.82) is 0 Å². The summed E-state index contributed by atoms with van der Waals surface area (Å²) in [6.45, 7) is 0.832. The van der Waals surface area contributed by atoms with E-state index in [1.165, 1.54) is 0 Å². The smallest absolute Gasteiger partial charge is 0.0459 e. The third-order valence-electron chi connectivity index (χ3n) is 4.40. The van der Waals surface area contributed by atoms with E-state index in [2.05, 4.69) is 0 Å². The molecule has 0 fully saturated rings. The van der Waals surface area contributed by atoms with Crippen LogP contribution in [0.2, 0.25) is 20.1 Å². The lowest BCUT2D eigenvalue weighted by atomic mass is 9.76. The summed E-state index contributed by atoms with van der Waals surface area (Å²) in [7, 11) is 0. The highest BCUT2D eigenvalue weighted by atomic mass is 35.5. The Kier molecular flexibility index (Phi) is 7.23. The molecule has 0 atom stereocenters. The molecule has 0 saturated carbocycles. The van der Waals surface area contributed by atoms with Gasteiger partial charge in [0.15, 0.2) is 0 Å². The molecule has 6 heteroatoms. The molecule has 0 heterocycles. The van der Waals surface area contributed by atoms with Crippen molar-refractivity contribution in [2.75, 3.05) is 13.1 Å². The van der Waals surface area contributed by atoms with Crippen LogP contribution in [0.4, 0.5) is 0 Å². The summed E-state index contributed by atoms with van der Waals surface area (Å²) in [5, 5.41) is 2.51. The monoisotopic (exact) mass is 404 g/mol. The molecule has 0 amide bonds. The maximum Gasteiger partial charge on any atom is 0.0459 e. The Morgan fingerprint density at radius 3 is 1.92 bits per heavy atom. The van der Waals surface area contributed by atoms with Gasteiger partial charge in [-0.1, -0.05) is 58.5 Å². The third kappa shape index (κ3) is 4.57. The fourth-order valence-electron chi connectivity index (χ4n) is 2.90. The van der Waals surface area contributed by atoms with E-state index in [1.807, 2.05) is 24.3 Å². The van der Waals surface area contributed by atoms with E-state index in [4.69, 9.17) is 57.9 Å². The van der Waals surface area contributed by atoms with Crippen molar-refractivity contribution >= 4 is 46.4 Å². The lowest BCUT2D eigenvalue weighted by Crippen LogP contribution is -2.42. The minimum absolute atomic E-state index is 0.374. The zero-order chi connectivity index (χ0) is 17.7. The summed E-state index contributed by atoms with van der Waals surface area (Å²) in [6, 6.07) is 11.0. The number of hydrogen-bond donors (Lipinski definition) is 2. The van der Waals surface area contributed by atoms with Gasteiger partial charge in [0.05, 0.1) is 0 Å². The second kappa shape index (κ2) is 8.75. The molecule has 2 nitrogen and oxygen atoms in total. The van der Waals surface area contributed by atoms with Crippen molar-refractivity contribution < 1.29 is 0 Å². The highest BCUT2D eigenvalue weighted by Crippen LogP contribution is 2.35. The van der Waals surface area contributed by atoms with Crippen LogP contribution >= 0.6 is 46.4 Å². The highest BCUT2D eigenvalue weighted by Gasteiger charge is 2.31. The summed E-state index contributed by atoms with van der Waals surface area (Å²) < 4.78 is 0. The average molecular weight is 406 g/mol. The molecule has 0 aliphatic heterocycles. The molecule has 2 aromatic carbocycles. The second-order valence-electron chi connectivity index (χ2n) is 5.90. The lowest BCUT2D eigenvalue weighted by molar-refractivity contribution is 0.401. The van der Waals surface area contributed by atoms with E-state index >= 15 is 0 Å². The van der Waals surface area contributed by atoms with Gasteiger partial charge in [0, 0.05) is 38.6 Å². The SMILES string of the molecule is NCC(CN)(CCCc1ccc(Cl)cc1Cl)c1ccc(Cl)cc1Cl. The number of nitrogens with two attached hydrogens (primary N) is 2. The zero-order valence-electron chi connectivity index (χ0n) is 13.2. The molecule has 0 aliphatic carbocycles. The van der Waals surface area contributed by atoms with Crippen molar-refractivity contribution in [3.63, 3.8) is 0 Å². The molecule has 0 saturated heterocycles. The first kappa shape index (κ1) is 19.8. The summed E-state index contributed by atoms with van der Waals surface area (Å²) in [6.07, 6.45) is 2.51. The molecular weight excluding hydrogens is 386 g/mol. The van der Waals surface area contributed by atoms with Crippen molar-refractivity contribution in [1.82, 2.24) is 0 Å². The second-order valence-corrected chi connectivity index (χ2v) is 7.59. The van der Waals surface area contributed by atoms with Gasteiger partial charge in [-0.15, -0.1) is 0 Å². The average Bonchev–Trinajstić information content (AvgIpc) is 2.54. The van der Waals surface area contributed by atoms with Crippen LogP contribution < -0.4 is 11.5 Å². The van der Waals surface area contributed by atoms with E-state index in [-0.39, 0.29) is 5.41 Å². The van der Waals surface area contributed by atoms with Gasteiger partial charge in [0.2, 0.25) is 0 Å². The number of halogens is 4. The highest BCUT2D eigenvalue weighted by molar-refractivity contribution is 6.35. The molecule has 24 heavy (non-hydrogen) atoms. The van der Waals surface area contributed by atoms with Crippen molar-refractivity contribution in [3.8, 4) is 0 Å². The van der Waals surface area contributed by atoms with Crippen LogP contribution in [-0.4, -0.2) is 13.1 Å². The van der Waals surface area contributed by atoms with E-state index in [0.717, 1.165) is 30.4 Å². The number of aryl methyl sites for hydroxylation is 1. The topological polar surface area (TPSA) is 52.0 Å². The molecule has 0 bridgehead atoms. The maximum absolute atomic E-state index is 6.38. The van der Waals surface area contributed by atoms with Crippen LogP contribution in [0.15, 0.2) is 36.4 Å². The van der Waals surface area contributed by atoms with Gasteiger partial charge in [0.25, 0.3) is 0 Å². The summed E-state index contributed by atoms with van der Waals surface area (Å²) in [5.41, 5.74) is 13.8. The van der Waals surface area contributed by atoms with Crippen LogP contribution in [0.3, 0.4) is 0 Å². The number of benzene rings is 2. The van der Waals surface area contributed by atoms with Gasteiger partial charge in [-0.2, -0.15) is 0 Å². The summed E-state index contributed by atoms with van der Waals surface area (Å²) in [4.78, 5) is 0. The van der Waals surface area contributed by atoms with Crippen LogP contribution in [0.25, 0.3) is 0 Å². The molecular formula is C18H20Cl4N2. The molecule has 2 aromatic rings. The van der Waals surface area contributed by atoms with Crippen LogP contribution in [0, 0.1) is 0 Å². The van der Waals surface area contributed by atoms with Crippen molar-refractivity contribution in [3.05, 3.63) is 67.6 Å². The predicted molar refractivity (Wildman–Crippen MR) is 106 cm³/mol. The molecule has 0 aromatic heterocycles. The Morgan fingerprint density at radius 1 is 0.792 bits per heavy atom. The largest absolute Gasteiger partial charge is 0.330 e. The zero-order valence-corrected chi connectivity index (χ0v) is 16.2. The first-order valence-electron chi connectivity index (χ1n) is 7.71. The van der Waals surface area contributed by atoms with Gasteiger partial charge in [0.1, 0.15) is 0 Å². The molecule has 4 N–H and O–H groups in total. The Balaban J connectivity index is 2.16. The molecule has 0 spiro atoms. The maximum atomic E-state index is 6.38. The molecule has 130 valence electrons. The fourth-order valence-corrected chi connectivity index (χ4v) is 4.02. The quantitative estimate of drug-likeness (QED) is 0.640. The Hall–Kier alpha value is -0.480. The van der Waals surface area contributed by atoms with Gasteiger partial charge in [-0.25, -0.2) is 0 Å². The van der Waals surface area contributed by atoms with Crippen LogP contribution in [-0.2, 0) is 11.8 Å². The predicted octanol–water partition coefficient (Wildman–Crippen LogP) is 5.48. The lowest BCUT2D eigenvalue weighted by Gasteiger charge is -2.33. The van der Waals surface area contributed by atoms with Crippen LogP contribution in [0.5, 0.6) is 0 Å². The van der Waals surface area contributed by atoms with Crippen molar-refractivity contribution in [2.24, 2.45) is 11.5 Å². The van der Waals surface area contributed by atoms with Gasteiger partial charge < -0.3 is 11.5 Å². The van der Waals surface area contributed by atoms with Crippen molar-refractivity contribution in [2.45, 2.75) is 24.7 Å². The Labute approximate surface area is 163 Å². The van der Waals surface area contributed by atoms with Gasteiger partial charge in [-0.3, -0.25) is 0 Å². The van der Waals surface area contributed by atoms with E-state index in [0.29, 0.717) is 33.2 Å². The van der Waals surface area contributed by atoms with Crippen LogP contribution in [0.1, 0.15) is 24.0 Å². The van der Waals surface area contributed by atoms with Gasteiger partial charge in [-0.05, 0) is 54.7 Å². The fraction of sp³-hybridized carbons (Fsp3) is 0.333. The molecule has 0 radical (unpaired) electrons. The first-order chi connectivity index (χ1) is 11.4. The molecule has 2 rings (SSSR count). The Morgan fingerprint density at radius 2 is 1.38 bits per heavy atom. The minimum Gasteiger partial charge on any atom is -0.330 e. The minimum atomic E-state index is -0.374. The van der Waals surface area contributed by atoms with Gasteiger partial charge >= 0.3 is 0 Å². The normalized spacial score (nSPS) is 11.8. The van der Waals surface area contributed by atoms with E-state index < -0.39 is 0 Å².